The Morgan fingerprint density at radius 2 is 2.11 bits per heavy atom. The van der Waals surface area contributed by atoms with E-state index in [2.05, 4.69) is 17.7 Å². The predicted molar refractivity (Wildman–Crippen MR) is 70.7 cm³/mol. The largest absolute Gasteiger partial charge is 0.497 e. The third-order valence-corrected chi connectivity index (χ3v) is 3.01. The first-order chi connectivity index (χ1) is 8.58. The predicted octanol–water partition coefficient (Wildman–Crippen LogP) is 1.83. The molecule has 100 valence electrons. The summed E-state index contributed by atoms with van der Waals surface area (Å²) in [4.78, 5) is 11.1. The standard InChI is InChI=1S/C14H21NO3/c1-10-9-12(17-2)8-7-11(10)5-4-6-13(15)14(16)18-3/h7-9,13H,4-6,15H2,1-3H3. The molecule has 4 heteroatoms. The molecule has 0 heterocycles. The Morgan fingerprint density at radius 1 is 1.39 bits per heavy atom. The lowest BCUT2D eigenvalue weighted by Gasteiger charge is -2.10. The molecule has 1 aromatic rings. The summed E-state index contributed by atoms with van der Waals surface area (Å²) >= 11 is 0. The van der Waals surface area contributed by atoms with Crippen LogP contribution in [0.15, 0.2) is 18.2 Å². The van der Waals surface area contributed by atoms with Crippen molar-refractivity contribution in [2.24, 2.45) is 5.73 Å². The second-order valence-electron chi connectivity index (χ2n) is 4.31. The van der Waals surface area contributed by atoms with E-state index in [0.717, 1.165) is 18.6 Å². The van der Waals surface area contributed by atoms with Crippen molar-refractivity contribution in [3.63, 3.8) is 0 Å². The van der Waals surface area contributed by atoms with E-state index >= 15 is 0 Å². The highest BCUT2D eigenvalue weighted by atomic mass is 16.5. The van der Waals surface area contributed by atoms with Gasteiger partial charge in [-0.25, -0.2) is 0 Å². The van der Waals surface area contributed by atoms with Crippen LogP contribution >= 0.6 is 0 Å². The molecule has 0 aliphatic carbocycles. The third kappa shape index (κ3) is 4.04. The van der Waals surface area contributed by atoms with Crippen LogP contribution in [0, 0.1) is 6.92 Å². The smallest absolute Gasteiger partial charge is 0.322 e. The van der Waals surface area contributed by atoms with Gasteiger partial charge in [0, 0.05) is 0 Å². The van der Waals surface area contributed by atoms with Gasteiger partial charge in [0.15, 0.2) is 0 Å². The van der Waals surface area contributed by atoms with Crippen LogP contribution in [0.4, 0.5) is 0 Å². The van der Waals surface area contributed by atoms with Gasteiger partial charge in [-0.15, -0.1) is 0 Å². The van der Waals surface area contributed by atoms with Crippen LogP contribution in [0.3, 0.4) is 0 Å². The van der Waals surface area contributed by atoms with Crippen molar-refractivity contribution in [1.29, 1.82) is 0 Å². The molecule has 4 nitrogen and oxygen atoms in total. The molecule has 0 fully saturated rings. The molecule has 0 aliphatic heterocycles. The summed E-state index contributed by atoms with van der Waals surface area (Å²) in [5, 5.41) is 0. The van der Waals surface area contributed by atoms with E-state index in [1.165, 1.54) is 18.2 Å². The second kappa shape index (κ2) is 7.01. The van der Waals surface area contributed by atoms with E-state index in [4.69, 9.17) is 10.5 Å². The SMILES string of the molecule is COC(=O)C(N)CCCc1ccc(OC)cc1C. The Morgan fingerprint density at radius 3 is 2.67 bits per heavy atom. The lowest BCUT2D eigenvalue weighted by molar-refractivity contribution is -0.142. The molecule has 0 spiro atoms. The summed E-state index contributed by atoms with van der Waals surface area (Å²) < 4.78 is 9.75. The number of ether oxygens (including phenoxy) is 2. The van der Waals surface area contributed by atoms with Gasteiger partial charge in [0.1, 0.15) is 11.8 Å². The first-order valence-corrected chi connectivity index (χ1v) is 6.05. The highest BCUT2D eigenvalue weighted by Gasteiger charge is 2.13. The molecule has 0 saturated heterocycles. The summed E-state index contributed by atoms with van der Waals surface area (Å²) in [5.41, 5.74) is 8.13. The molecule has 0 aromatic heterocycles. The highest BCUT2D eigenvalue weighted by molar-refractivity contribution is 5.75. The van der Waals surface area contributed by atoms with Gasteiger partial charge >= 0.3 is 5.97 Å². The molecule has 1 aromatic carbocycles. The number of carbonyl (C=O) groups is 1. The number of carbonyl (C=O) groups excluding carboxylic acids is 1. The van der Waals surface area contributed by atoms with Crippen LogP contribution in [-0.4, -0.2) is 26.2 Å². The number of esters is 1. The quantitative estimate of drug-likeness (QED) is 0.783. The van der Waals surface area contributed by atoms with Crippen LogP contribution < -0.4 is 10.5 Å². The second-order valence-corrected chi connectivity index (χ2v) is 4.31. The molecular weight excluding hydrogens is 230 g/mol. The van der Waals surface area contributed by atoms with Crippen molar-refractivity contribution in [3.8, 4) is 5.75 Å². The number of methoxy groups -OCH3 is 2. The minimum Gasteiger partial charge on any atom is -0.497 e. The molecule has 1 unspecified atom stereocenters. The first kappa shape index (κ1) is 14.5. The lowest BCUT2D eigenvalue weighted by atomic mass is 10.0. The molecular formula is C14H21NO3. The van der Waals surface area contributed by atoms with Gasteiger partial charge in [0.2, 0.25) is 0 Å². The van der Waals surface area contributed by atoms with Crippen molar-refractivity contribution >= 4 is 5.97 Å². The fourth-order valence-corrected chi connectivity index (χ4v) is 1.86. The molecule has 2 N–H and O–H groups in total. The first-order valence-electron chi connectivity index (χ1n) is 6.05. The van der Waals surface area contributed by atoms with Gasteiger partial charge in [-0.2, -0.15) is 0 Å². The fraction of sp³-hybridized carbons (Fsp3) is 0.500. The molecule has 0 aliphatic rings. The van der Waals surface area contributed by atoms with Crippen LogP contribution in [-0.2, 0) is 16.0 Å². The van der Waals surface area contributed by atoms with Crippen LogP contribution in [0.1, 0.15) is 24.0 Å². The third-order valence-electron chi connectivity index (χ3n) is 3.01. The molecule has 0 saturated carbocycles. The van der Waals surface area contributed by atoms with E-state index in [-0.39, 0.29) is 5.97 Å². The van der Waals surface area contributed by atoms with E-state index in [0.29, 0.717) is 6.42 Å². The number of aryl methyl sites for hydroxylation is 2. The monoisotopic (exact) mass is 251 g/mol. The normalized spacial score (nSPS) is 12.0. The minimum absolute atomic E-state index is 0.346. The molecule has 0 radical (unpaired) electrons. The summed E-state index contributed by atoms with van der Waals surface area (Å²) in [6, 6.07) is 5.49. The zero-order valence-corrected chi connectivity index (χ0v) is 11.2. The Hall–Kier alpha value is -1.55. The molecule has 1 atom stereocenters. The number of benzene rings is 1. The zero-order valence-electron chi connectivity index (χ0n) is 11.2. The number of rotatable bonds is 6. The molecule has 0 amide bonds. The number of hydrogen-bond acceptors (Lipinski definition) is 4. The average Bonchev–Trinajstić information content (AvgIpc) is 2.39. The van der Waals surface area contributed by atoms with E-state index in [1.54, 1.807) is 7.11 Å². The van der Waals surface area contributed by atoms with Crippen molar-refractivity contribution in [1.82, 2.24) is 0 Å². The maximum atomic E-state index is 11.1. The maximum absolute atomic E-state index is 11.1. The summed E-state index contributed by atoms with van der Waals surface area (Å²) in [6.07, 6.45) is 2.40. The Bertz CT molecular complexity index is 404. The van der Waals surface area contributed by atoms with Gasteiger partial charge in [0.05, 0.1) is 14.2 Å². The van der Waals surface area contributed by atoms with Crippen LogP contribution in [0.2, 0.25) is 0 Å². The fourth-order valence-electron chi connectivity index (χ4n) is 1.86. The van der Waals surface area contributed by atoms with Crippen molar-refractivity contribution in [2.75, 3.05) is 14.2 Å². The topological polar surface area (TPSA) is 61.5 Å². The highest BCUT2D eigenvalue weighted by Crippen LogP contribution is 2.18. The number of nitrogens with two attached hydrogens (primary N) is 1. The van der Waals surface area contributed by atoms with Crippen LogP contribution in [0.5, 0.6) is 5.75 Å². The van der Waals surface area contributed by atoms with Gasteiger partial charge in [-0.05, 0) is 49.4 Å². The minimum atomic E-state index is -0.520. The maximum Gasteiger partial charge on any atom is 0.322 e. The van der Waals surface area contributed by atoms with E-state index < -0.39 is 6.04 Å². The molecule has 0 bridgehead atoms. The molecule has 18 heavy (non-hydrogen) atoms. The number of hydrogen-bond donors (Lipinski definition) is 1. The van der Waals surface area contributed by atoms with Crippen molar-refractivity contribution < 1.29 is 14.3 Å². The Balaban J connectivity index is 2.46. The van der Waals surface area contributed by atoms with Gasteiger partial charge in [-0.3, -0.25) is 4.79 Å². The summed E-state index contributed by atoms with van der Waals surface area (Å²) in [6.45, 7) is 2.05. The van der Waals surface area contributed by atoms with Gasteiger partial charge in [-0.1, -0.05) is 6.07 Å². The summed E-state index contributed by atoms with van der Waals surface area (Å²) in [5.74, 6) is 0.518. The van der Waals surface area contributed by atoms with Crippen molar-refractivity contribution in [2.45, 2.75) is 32.2 Å². The van der Waals surface area contributed by atoms with Crippen molar-refractivity contribution in [3.05, 3.63) is 29.3 Å². The summed E-state index contributed by atoms with van der Waals surface area (Å²) in [7, 11) is 3.01. The molecule has 1 rings (SSSR count). The lowest BCUT2D eigenvalue weighted by Crippen LogP contribution is -2.31. The van der Waals surface area contributed by atoms with E-state index in [9.17, 15) is 4.79 Å². The van der Waals surface area contributed by atoms with E-state index in [1.807, 2.05) is 12.1 Å². The van der Waals surface area contributed by atoms with Gasteiger partial charge < -0.3 is 15.2 Å². The van der Waals surface area contributed by atoms with Gasteiger partial charge in [0.25, 0.3) is 0 Å². The average molecular weight is 251 g/mol. The van der Waals surface area contributed by atoms with Crippen LogP contribution in [0.25, 0.3) is 0 Å². The Labute approximate surface area is 108 Å². The Kier molecular flexibility index (Phi) is 5.65. The zero-order chi connectivity index (χ0) is 13.5.